The number of aromatic nitrogens is 1. The van der Waals surface area contributed by atoms with Gasteiger partial charge >= 0.3 is 5.97 Å². The highest BCUT2D eigenvalue weighted by atomic mass is 16.4. The number of rotatable bonds is 14. The van der Waals surface area contributed by atoms with Crippen molar-refractivity contribution >= 4 is 28.3 Å². The van der Waals surface area contributed by atoms with Crippen LogP contribution < -0.4 is 5.32 Å². The third-order valence-corrected chi connectivity index (χ3v) is 8.58. The van der Waals surface area contributed by atoms with Crippen molar-refractivity contribution in [3.8, 4) is 0 Å². The van der Waals surface area contributed by atoms with Crippen LogP contribution in [0.25, 0.3) is 10.9 Å². The first-order chi connectivity index (χ1) is 22.1. The normalized spacial score (nSPS) is 11.6. The standard InChI is InChI=1S/C41H46N2O3/c1-27(2)24-30-15-19-32(20-16-30)40(33-21-17-31(18-22-33)25-28(3)4)42-35-11-8-10-34(26-35)41(46)39-29(5)43(23-9-14-38(44)45)37-13-7-6-12-36(37)39/h6-8,10-13,15-22,26-28,40,42H,9,14,23-25H2,1-5H3,(H,44,45). The number of carbonyl (C=O) groups excluding carboxylic acids is 1. The lowest BCUT2D eigenvalue weighted by atomic mass is 9.93. The molecule has 0 atom stereocenters. The topological polar surface area (TPSA) is 71.3 Å². The molecule has 0 amide bonds. The Morgan fingerprint density at radius 3 is 1.91 bits per heavy atom. The van der Waals surface area contributed by atoms with Gasteiger partial charge in [0.25, 0.3) is 0 Å². The number of anilines is 1. The molecule has 0 unspecified atom stereocenters. The van der Waals surface area contributed by atoms with E-state index >= 15 is 0 Å². The number of nitrogens with zero attached hydrogens (tertiary/aromatic N) is 1. The number of fused-ring (bicyclic) bond motifs is 1. The monoisotopic (exact) mass is 614 g/mol. The fourth-order valence-corrected chi connectivity index (χ4v) is 6.45. The highest BCUT2D eigenvalue weighted by molar-refractivity contribution is 6.17. The van der Waals surface area contributed by atoms with Gasteiger partial charge in [-0.3, -0.25) is 9.59 Å². The van der Waals surface area contributed by atoms with E-state index in [1.54, 1.807) is 0 Å². The molecule has 1 aromatic heterocycles. The van der Waals surface area contributed by atoms with Gasteiger partial charge in [0.05, 0.1) is 11.6 Å². The quantitative estimate of drug-likeness (QED) is 0.122. The van der Waals surface area contributed by atoms with Crippen LogP contribution in [0.2, 0.25) is 0 Å². The third-order valence-electron chi connectivity index (χ3n) is 8.58. The smallest absolute Gasteiger partial charge is 0.303 e. The number of benzene rings is 4. The zero-order valence-corrected chi connectivity index (χ0v) is 27.7. The molecule has 5 nitrogen and oxygen atoms in total. The summed E-state index contributed by atoms with van der Waals surface area (Å²) in [5.74, 6) is 0.333. The molecular weight excluding hydrogens is 568 g/mol. The van der Waals surface area contributed by atoms with Crippen LogP contribution in [-0.4, -0.2) is 21.4 Å². The second-order valence-electron chi connectivity index (χ2n) is 13.3. The molecule has 0 fully saturated rings. The third kappa shape index (κ3) is 7.77. The molecule has 46 heavy (non-hydrogen) atoms. The van der Waals surface area contributed by atoms with E-state index in [1.807, 2.05) is 55.5 Å². The second kappa shape index (κ2) is 14.6. The Labute approximate surface area is 273 Å². The first-order valence-corrected chi connectivity index (χ1v) is 16.5. The lowest BCUT2D eigenvalue weighted by molar-refractivity contribution is -0.137. The van der Waals surface area contributed by atoms with Crippen LogP contribution in [0.5, 0.6) is 0 Å². The fourth-order valence-electron chi connectivity index (χ4n) is 6.45. The number of ketones is 1. The fraction of sp³-hybridized carbons (Fsp3) is 0.317. The molecule has 5 heteroatoms. The highest BCUT2D eigenvalue weighted by Gasteiger charge is 2.22. The Hall–Kier alpha value is -4.64. The van der Waals surface area contributed by atoms with Crippen molar-refractivity contribution in [3.05, 3.63) is 136 Å². The Morgan fingerprint density at radius 1 is 0.761 bits per heavy atom. The molecular formula is C41H46N2O3. The number of carboxylic acid groups (broad SMARTS) is 1. The van der Waals surface area contributed by atoms with Gasteiger partial charge in [-0.25, -0.2) is 0 Å². The molecule has 0 saturated heterocycles. The molecule has 5 rings (SSSR count). The zero-order valence-electron chi connectivity index (χ0n) is 27.7. The van der Waals surface area contributed by atoms with Crippen LogP contribution in [-0.2, 0) is 24.2 Å². The number of para-hydroxylation sites is 1. The maximum atomic E-state index is 14.2. The number of hydrogen-bond donors (Lipinski definition) is 2. The minimum atomic E-state index is -0.814. The molecule has 0 bridgehead atoms. The van der Waals surface area contributed by atoms with Crippen molar-refractivity contribution in [2.24, 2.45) is 11.8 Å². The van der Waals surface area contributed by atoms with Gasteiger partial charge in [-0.1, -0.05) is 107 Å². The maximum absolute atomic E-state index is 14.2. The molecule has 5 aromatic rings. The van der Waals surface area contributed by atoms with Crippen LogP contribution >= 0.6 is 0 Å². The van der Waals surface area contributed by atoms with Crippen LogP contribution in [0.4, 0.5) is 5.69 Å². The van der Waals surface area contributed by atoms with Crippen molar-refractivity contribution in [1.29, 1.82) is 0 Å². The molecule has 238 valence electrons. The van der Waals surface area contributed by atoms with E-state index < -0.39 is 5.97 Å². The van der Waals surface area contributed by atoms with E-state index in [4.69, 9.17) is 5.11 Å². The summed E-state index contributed by atoms with van der Waals surface area (Å²) in [6, 6.07) is 33.4. The van der Waals surface area contributed by atoms with Gasteiger partial charge in [-0.2, -0.15) is 0 Å². The number of hydrogen-bond acceptors (Lipinski definition) is 3. The first kappa shape index (κ1) is 32.7. The Kier molecular flexibility index (Phi) is 10.4. The summed E-state index contributed by atoms with van der Waals surface area (Å²) in [7, 11) is 0. The van der Waals surface area contributed by atoms with Gasteiger partial charge in [0.1, 0.15) is 0 Å². The van der Waals surface area contributed by atoms with Gasteiger partial charge in [0, 0.05) is 40.8 Å². The lowest BCUT2D eigenvalue weighted by Crippen LogP contribution is -2.13. The van der Waals surface area contributed by atoms with Crippen molar-refractivity contribution in [2.75, 3.05) is 5.32 Å². The molecule has 2 N–H and O–H groups in total. The van der Waals surface area contributed by atoms with E-state index in [1.165, 1.54) is 22.3 Å². The predicted octanol–water partition coefficient (Wildman–Crippen LogP) is 9.64. The number of aryl methyl sites for hydroxylation is 1. The molecule has 0 radical (unpaired) electrons. The molecule has 0 aliphatic carbocycles. The highest BCUT2D eigenvalue weighted by Crippen LogP contribution is 2.32. The Balaban J connectivity index is 1.47. The Bertz CT molecular complexity index is 1740. The van der Waals surface area contributed by atoms with E-state index in [2.05, 4.69) is 86.1 Å². The summed E-state index contributed by atoms with van der Waals surface area (Å²) in [4.78, 5) is 25.3. The number of nitrogens with one attached hydrogen (secondary N) is 1. The minimum Gasteiger partial charge on any atom is -0.481 e. The van der Waals surface area contributed by atoms with Gasteiger partial charge in [0.2, 0.25) is 0 Å². The van der Waals surface area contributed by atoms with E-state index in [9.17, 15) is 9.59 Å². The number of carbonyl (C=O) groups is 2. The summed E-state index contributed by atoms with van der Waals surface area (Å²) in [5.41, 5.74) is 8.95. The van der Waals surface area contributed by atoms with E-state index in [0.29, 0.717) is 35.9 Å². The van der Waals surface area contributed by atoms with Gasteiger partial charge in [0.15, 0.2) is 5.78 Å². The van der Waals surface area contributed by atoms with Crippen molar-refractivity contribution < 1.29 is 14.7 Å². The van der Waals surface area contributed by atoms with E-state index in [0.717, 1.165) is 35.1 Å². The molecule has 0 aliphatic heterocycles. The van der Waals surface area contributed by atoms with Crippen LogP contribution in [0.15, 0.2) is 97.1 Å². The predicted molar refractivity (Wildman–Crippen MR) is 189 cm³/mol. The molecule has 0 saturated carbocycles. The summed E-state index contributed by atoms with van der Waals surface area (Å²) in [5, 5.41) is 13.8. The van der Waals surface area contributed by atoms with Gasteiger partial charge < -0.3 is 15.0 Å². The second-order valence-corrected chi connectivity index (χ2v) is 13.3. The SMILES string of the molecule is Cc1c(C(=O)c2cccc(NC(c3ccc(CC(C)C)cc3)c3ccc(CC(C)C)cc3)c2)c2ccccc2n1CCCC(=O)O. The lowest BCUT2D eigenvalue weighted by Gasteiger charge is -2.22. The van der Waals surface area contributed by atoms with Crippen LogP contribution in [0, 0.1) is 18.8 Å². The first-order valence-electron chi connectivity index (χ1n) is 16.5. The van der Waals surface area contributed by atoms with Crippen molar-refractivity contribution in [1.82, 2.24) is 4.57 Å². The summed E-state index contributed by atoms with van der Waals surface area (Å²) >= 11 is 0. The number of aliphatic carboxylic acids is 1. The molecule has 4 aromatic carbocycles. The summed E-state index contributed by atoms with van der Waals surface area (Å²) in [6.07, 6.45) is 2.68. The van der Waals surface area contributed by atoms with Gasteiger partial charge in [-0.15, -0.1) is 0 Å². The summed E-state index contributed by atoms with van der Waals surface area (Å²) in [6.45, 7) is 11.5. The zero-order chi connectivity index (χ0) is 32.8. The average molecular weight is 615 g/mol. The van der Waals surface area contributed by atoms with Crippen molar-refractivity contribution in [2.45, 2.75) is 72.9 Å². The van der Waals surface area contributed by atoms with Crippen molar-refractivity contribution in [3.63, 3.8) is 0 Å². The average Bonchev–Trinajstić information content (AvgIpc) is 3.30. The maximum Gasteiger partial charge on any atom is 0.303 e. The van der Waals surface area contributed by atoms with Crippen LogP contribution in [0.1, 0.15) is 90.4 Å². The minimum absolute atomic E-state index is 0.0399. The molecule has 1 heterocycles. The van der Waals surface area contributed by atoms with E-state index in [-0.39, 0.29) is 18.2 Å². The number of carboxylic acids is 1. The largest absolute Gasteiger partial charge is 0.481 e. The van der Waals surface area contributed by atoms with Crippen LogP contribution in [0.3, 0.4) is 0 Å². The molecule has 0 spiro atoms. The molecule has 0 aliphatic rings. The Morgan fingerprint density at radius 2 is 1.35 bits per heavy atom. The summed E-state index contributed by atoms with van der Waals surface area (Å²) < 4.78 is 2.08. The van der Waals surface area contributed by atoms with Gasteiger partial charge in [-0.05, 0) is 78.5 Å².